The molecule has 0 spiro atoms. The second kappa shape index (κ2) is 5.03. The van der Waals surface area contributed by atoms with Crippen molar-refractivity contribution in [1.29, 1.82) is 0 Å². The largest absolute Gasteiger partial charge is 0.292 e. The number of thiophene rings is 1. The Morgan fingerprint density at radius 3 is 3.06 bits per heavy atom. The number of hydrogen-bond donors (Lipinski definition) is 0. The number of ketones is 1. The van der Waals surface area contributed by atoms with Crippen LogP contribution in [0.3, 0.4) is 0 Å². The van der Waals surface area contributed by atoms with Crippen LogP contribution in [0.15, 0.2) is 23.7 Å². The molecular formula is C11H13N3OS. The molecule has 84 valence electrons. The van der Waals surface area contributed by atoms with Crippen molar-refractivity contribution >= 4 is 17.1 Å². The molecule has 2 rings (SSSR count). The molecule has 2 aromatic rings. The highest BCUT2D eigenvalue weighted by Crippen LogP contribution is 2.13. The number of carbonyl (C=O) groups is 1. The van der Waals surface area contributed by atoms with E-state index in [1.807, 2.05) is 6.07 Å². The Kier molecular flexibility index (Phi) is 3.46. The smallest absolute Gasteiger partial charge is 0.182 e. The Bertz CT molecular complexity index is 461. The quantitative estimate of drug-likeness (QED) is 0.745. The highest BCUT2D eigenvalue weighted by molar-refractivity contribution is 7.09. The van der Waals surface area contributed by atoms with Crippen molar-refractivity contribution in [2.45, 2.75) is 19.3 Å². The van der Waals surface area contributed by atoms with Crippen LogP contribution in [0.25, 0.3) is 0 Å². The number of carbonyl (C=O) groups excluding carboxylic acids is 1. The van der Waals surface area contributed by atoms with Crippen molar-refractivity contribution in [3.63, 3.8) is 0 Å². The Morgan fingerprint density at radius 1 is 1.56 bits per heavy atom. The molecule has 2 aromatic heterocycles. The van der Waals surface area contributed by atoms with Gasteiger partial charge in [-0.3, -0.25) is 4.79 Å². The van der Waals surface area contributed by atoms with E-state index < -0.39 is 0 Å². The SMILES string of the molecule is Cn1nncc1C(=O)CCCc1cccs1. The van der Waals surface area contributed by atoms with E-state index in [0.717, 1.165) is 12.8 Å². The zero-order chi connectivity index (χ0) is 11.4. The summed E-state index contributed by atoms with van der Waals surface area (Å²) in [5.74, 6) is 0.115. The first-order chi connectivity index (χ1) is 7.77. The van der Waals surface area contributed by atoms with Gasteiger partial charge >= 0.3 is 0 Å². The predicted octanol–water partition coefficient (Wildman–Crippen LogP) is 2.08. The molecule has 0 bridgehead atoms. The molecule has 0 atom stereocenters. The monoisotopic (exact) mass is 235 g/mol. The van der Waals surface area contributed by atoms with Gasteiger partial charge in [-0.1, -0.05) is 11.3 Å². The second-order valence-electron chi connectivity index (χ2n) is 3.60. The van der Waals surface area contributed by atoms with Gasteiger partial charge < -0.3 is 0 Å². The van der Waals surface area contributed by atoms with E-state index in [1.54, 1.807) is 18.4 Å². The third-order valence-corrected chi connectivity index (χ3v) is 3.34. The highest BCUT2D eigenvalue weighted by Gasteiger charge is 2.10. The van der Waals surface area contributed by atoms with E-state index >= 15 is 0 Å². The fourth-order valence-electron chi connectivity index (χ4n) is 1.55. The second-order valence-corrected chi connectivity index (χ2v) is 4.63. The van der Waals surface area contributed by atoms with E-state index in [0.29, 0.717) is 12.1 Å². The lowest BCUT2D eigenvalue weighted by Crippen LogP contribution is -2.06. The van der Waals surface area contributed by atoms with Crippen molar-refractivity contribution in [2.24, 2.45) is 7.05 Å². The molecule has 0 N–H and O–H groups in total. The average molecular weight is 235 g/mol. The van der Waals surface area contributed by atoms with E-state index in [9.17, 15) is 4.79 Å². The lowest BCUT2D eigenvalue weighted by atomic mass is 10.1. The van der Waals surface area contributed by atoms with Crippen LogP contribution in [-0.2, 0) is 13.5 Å². The maximum absolute atomic E-state index is 11.8. The van der Waals surface area contributed by atoms with Gasteiger partial charge in [0, 0.05) is 18.3 Å². The number of aromatic nitrogens is 3. The first-order valence-electron chi connectivity index (χ1n) is 5.17. The lowest BCUT2D eigenvalue weighted by molar-refractivity contribution is 0.0971. The van der Waals surface area contributed by atoms with E-state index in [4.69, 9.17) is 0 Å². The molecule has 0 fully saturated rings. The van der Waals surface area contributed by atoms with Gasteiger partial charge in [-0.15, -0.1) is 16.4 Å². The Hall–Kier alpha value is -1.49. The van der Waals surface area contributed by atoms with Crippen LogP contribution in [0.4, 0.5) is 0 Å². The maximum atomic E-state index is 11.8. The summed E-state index contributed by atoms with van der Waals surface area (Å²) < 4.78 is 1.52. The number of hydrogen-bond acceptors (Lipinski definition) is 4. The van der Waals surface area contributed by atoms with Gasteiger partial charge in [0.2, 0.25) is 0 Å². The molecule has 0 saturated heterocycles. The summed E-state index contributed by atoms with van der Waals surface area (Å²) in [6.07, 6.45) is 3.92. The average Bonchev–Trinajstić information content (AvgIpc) is 2.88. The Labute approximate surface area is 97.9 Å². The lowest BCUT2D eigenvalue weighted by Gasteiger charge is -1.99. The van der Waals surface area contributed by atoms with Gasteiger partial charge in [-0.05, 0) is 24.3 Å². The molecule has 0 amide bonds. The van der Waals surface area contributed by atoms with Gasteiger partial charge in [0.05, 0.1) is 6.20 Å². The van der Waals surface area contributed by atoms with Crippen molar-refractivity contribution in [3.8, 4) is 0 Å². The van der Waals surface area contributed by atoms with E-state index in [-0.39, 0.29) is 5.78 Å². The Balaban J connectivity index is 1.83. The summed E-state index contributed by atoms with van der Waals surface area (Å²) in [6, 6.07) is 4.13. The van der Waals surface area contributed by atoms with E-state index in [1.165, 1.54) is 15.8 Å². The van der Waals surface area contributed by atoms with Gasteiger partial charge in [-0.25, -0.2) is 4.68 Å². The molecule has 0 saturated carbocycles. The minimum absolute atomic E-state index is 0.115. The summed E-state index contributed by atoms with van der Waals surface area (Å²) >= 11 is 1.73. The van der Waals surface area contributed by atoms with Crippen LogP contribution in [0.1, 0.15) is 28.2 Å². The molecule has 0 unspecified atom stereocenters. The highest BCUT2D eigenvalue weighted by atomic mass is 32.1. The maximum Gasteiger partial charge on any atom is 0.182 e. The predicted molar refractivity (Wildman–Crippen MR) is 62.6 cm³/mol. The first kappa shape index (κ1) is 11.0. The van der Waals surface area contributed by atoms with E-state index in [2.05, 4.69) is 21.8 Å². The van der Waals surface area contributed by atoms with Crippen LogP contribution in [0.5, 0.6) is 0 Å². The number of aryl methyl sites for hydroxylation is 2. The normalized spacial score (nSPS) is 10.6. The molecule has 16 heavy (non-hydrogen) atoms. The fraction of sp³-hybridized carbons (Fsp3) is 0.364. The summed E-state index contributed by atoms with van der Waals surface area (Å²) in [5, 5.41) is 9.50. The molecular weight excluding hydrogens is 222 g/mol. The third-order valence-electron chi connectivity index (χ3n) is 2.41. The number of nitrogens with zero attached hydrogens (tertiary/aromatic N) is 3. The fourth-order valence-corrected chi connectivity index (χ4v) is 2.30. The molecule has 0 aliphatic carbocycles. The molecule has 5 heteroatoms. The topological polar surface area (TPSA) is 47.8 Å². The standard InChI is InChI=1S/C11H13N3OS/c1-14-10(8-12-13-14)11(15)6-2-4-9-5-3-7-16-9/h3,5,7-8H,2,4,6H2,1H3. The molecule has 2 heterocycles. The van der Waals surface area contributed by atoms with Crippen LogP contribution in [-0.4, -0.2) is 20.8 Å². The van der Waals surface area contributed by atoms with Crippen molar-refractivity contribution in [3.05, 3.63) is 34.3 Å². The summed E-state index contributed by atoms with van der Waals surface area (Å²) in [5.41, 5.74) is 0.589. The minimum atomic E-state index is 0.115. The van der Waals surface area contributed by atoms with Crippen molar-refractivity contribution < 1.29 is 4.79 Å². The molecule has 0 aliphatic rings. The van der Waals surface area contributed by atoms with Gasteiger partial charge in [0.15, 0.2) is 5.78 Å². The van der Waals surface area contributed by atoms with Gasteiger partial charge in [0.1, 0.15) is 5.69 Å². The van der Waals surface area contributed by atoms with Gasteiger partial charge in [-0.2, -0.15) is 0 Å². The molecule has 0 aromatic carbocycles. The number of Topliss-reactive ketones (excluding diaryl/α,β-unsaturated/α-hetero) is 1. The molecule has 0 radical (unpaired) electrons. The zero-order valence-electron chi connectivity index (χ0n) is 9.09. The summed E-state index contributed by atoms with van der Waals surface area (Å²) in [4.78, 5) is 13.1. The Morgan fingerprint density at radius 2 is 2.44 bits per heavy atom. The molecule has 4 nitrogen and oxygen atoms in total. The third kappa shape index (κ3) is 2.55. The number of rotatable bonds is 5. The minimum Gasteiger partial charge on any atom is -0.292 e. The summed E-state index contributed by atoms with van der Waals surface area (Å²) in [6.45, 7) is 0. The van der Waals surface area contributed by atoms with Crippen LogP contribution in [0, 0.1) is 0 Å². The van der Waals surface area contributed by atoms with Crippen LogP contribution in [0.2, 0.25) is 0 Å². The van der Waals surface area contributed by atoms with Crippen LogP contribution < -0.4 is 0 Å². The zero-order valence-corrected chi connectivity index (χ0v) is 9.91. The van der Waals surface area contributed by atoms with Crippen LogP contribution >= 0.6 is 11.3 Å². The first-order valence-corrected chi connectivity index (χ1v) is 6.05. The van der Waals surface area contributed by atoms with Gasteiger partial charge in [0.25, 0.3) is 0 Å². The summed E-state index contributed by atoms with van der Waals surface area (Å²) in [7, 11) is 1.74. The van der Waals surface area contributed by atoms with Crippen molar-refractivity contribution in [2.75, 3.05) is 0 Å². The molecule has 0 aliphatic heterocycles. The van der Waals surface area contributed by atoms with Crippen molar-refractivity contribution in [1.82, 2.24) is 15.0 Å².